The summed E-state index contributed by atoms with van der Waals surface area (Å²) < 4.78 is 0. The van der Waals surface area contributed by atoms with Gasteiger partial charge in [-0.15, -0.1) is 0 Å². The van der Waals surface area contributed by atoms with E-state index in [4.69, 9.17) is 5.73 Å². The number of hydrogen-bond donors (Lipinski definition) is 3. The molecule has 0 atom stereocenters. The Labute approximate surface area is 89.9 Å². The third-order valence-electron chi connectivity index (χ3n) is 2.26. The van der Waals surface area contributed by atoms with Gasteiger partial charge in [-0.1, -0.05) is 12.1 Å². The second-order valence-electron chi connectivity index (χ2n) is 3.34. The lowest BCUT2D eigenvalue weighted by Gasteiger charge is -2.09. The number of carbonyl (C=O) groups is 1. The Hall–Kier alpha value is -1.71. The fourth-order valence-corrected chi connectivity index (χ4v) is 1.29. The zero-order valence-electron chi connectivity index (χ0n) is 9.13. The molecule has 0 radical (unpaired) electrons. The average Bonchev–Trinajstić information content (AvgIpc) is 2.21. The van der Waals surface area contributed by atoms with Gasteiger partial charge in [-0.05, 0) is 31.0 Å². The first kappa shape index (κ1) is 11.4. The molecule has 0 aliphatic carbocycles. The van der Waals surface area contributed by atoms with Crippen LogP contribution in [0.15, 0.2) is 18.2 Å². The molecule has 82 valence electrons. The van der Waals surface area contributed by atoms with Crippen LogP contribution < -0.4 is 16.4 Å². The average molecular weight is 207 g/mol. The van der Waals surface area contributed by atoms with Crippen molar-refractivity contribution in [3.8, 4) is 0 Å². The van der Waals surface area contributed by atoms with Crippen LogP contribution in [0.1, 0.15) is 18.1 Å². The minimum absolute atomic E-state index is 0.153. The molecule has 0 bridgehead atoms. The Kier molecular flexibility index (Phi) is 3.97. The molecular formula is C11H17N3O. The fourth-order valence-electron chi connectivity index (χ4n) is 1.29. The number of hydrogen-bond acceptors (Lipinski definition) is 2. The standard InChI is InChI=1S/C11H17N3O/c1-3-13-11(15)14-7-9-5-4-6-10(12)8(9)2/h4-6H,3,7,12H2,1-2H3,(H2,13,14,15). The summed E-state index contributed by atoms with van der Waals surface area (Å²) in [6.45, 7) is 4.96. The summed E-state index contributed by atoms with van der Waals surface area (Å²) in [6.07, 6.45) is 0. The fraction of sp³-hybridized carbons (Fsp3) is 0.364. The molecule has 0 aliphatic rings. The number of amides is 2. The van der Waals surface area contributed by atoms with Crippen LogP contribution in [0.3, 0.4) is 0 Å². The Morgan fingerprint density at radius 1 is 1.40 bits per heavy atom. The number of nitrogens with two attached hydrogens (primary N) is 1. The maximum atomic E-state index is 11.2. The van der Waals surface area contributed by atoms with Gasteiger partial charge in [0.2, 0.25) is 0 Å². The van der Waals surface area contributed by atoms with Gasteiger partial charge >= 0.3 is 6.03 Å². The lowest BCUT2D eigenvalue weighted by Crippen LogP contribution is -2.34. The van der Waals surface area contributed by atoms with Crippen molar-refractivity contribution in [2.75, 3.05) is 12.3 Å². The van der Waals surface area contributed by atoms with Gasteiger partial charge in [0.05, 0.1) is 0 Å². The van der Waals surface area contributed by atoms with Crippen LogP contribution in [-0.2, 0) is 6.54 Å². The number of urea groups is 1. The first-order valence-electron chi connectivity index (χ1n) is 5.00. The molecule has 4 N–H and O–H groups in total. The van der Waals surface area contributed by atoms with E-state index < -0.39 is 0 Å². The second-order valence-corrected chi connectivity index (χ2v) is 3.34. The summed E-state index contributed by atoms with van der Waals surface area (Å²) in [5.74, 6) is 0. The zero-order valence-corrected chi connectivity index (χ0v) is 9.13. The lowest BCUT2D eigenvalue weighted by atomic mass is 10.1. The number of nitrogen functional groups attached to an aromatic ring is 1. The van der Waals surface area contributed by atoms with Crippen LogP contribution in [-0.4, -0.2) is 12.6 Å². The van der Waals surface area contributed by atoms with Crippen LogP contribution in [0.4, 0.5) is 10.5 Å². The number of benzene rings is 1. The highest BCUT2D eigenvalue weighted by atomic mass is 16.2. The quantitative estimate of drug-likeness (QED) is 0.656. The van der Waals surface area contributed by atoms with Gasteiger partial charge in [0.15, 0.2) is 0 Å². The van der Waals surface area contributed by atoms with Gasteiger partial charge in [-0.25, -0.2) is 4.79 Å². The molecule has 0 spiro atoms. The van der Waals surface area contributed by atoms with Crippen LogP contribution in [0.2, 0.25) is 0 Å². The maximum Gasteiger partial charge on any atom is 0.315 e. The van der Waals surface area contributed by atoms with E-state index in [0.29, 0.717) is 13.1 Å². The highest BCUT2D eigenvalue weighted by Gasteiger charge is 2.02. The largest absolute Gasteiger partial charge is 0.399 e. The number of rotatable bonds is 3. The van der Waals surface area contributed by atoms with E-state index in [-0.39, 0.29) is 6.03 Å². The van der Waals surface area contributed by atoms with Crippen molar-refractivity contribution in [3.05, 3.63) is 29.3 Å². The summed E-state index contributed by atoms with van der Waals surface area (Å²) in [6, 6.07) is 5.54. The Balaban J connectivity index is 2.58. The molecule has 4 nitrogen and oxygen atoms in total. The number of carbonyl (C=O) groups excluding carboxylic acids is 1. The normalized spacial score (nSPS) is 9.73. The molecular weight excluding hydrogens is 190 g/mol. The minimum atomic E-state index is -0.153. The molecule has 0 saturated carbocycles. The molecule has 1 aromatic rings. The van der Waals surface area contributed by atoms with Crippen LogP contribution in [0.5, 0.6) is 0 Å². The maximum absolute atomic E-state index is 11.2. The van der Waals surface area contributed by atoms with E-state index in [2.05, 4.69) is 10.6 Å². The van der Waals surface area contributed by atoms with Gasteiger partial charge < -0.3 is 16.4 Å². The minimum Gasteiger partial charge on any atom is -0.399 e. The molecule has 2 amide bonds. The Morgan fingerprint density at radius 2 is 2.13 bits per heavy atom. The van der Waals surface area contributed by atoms with E-state index in [1.165, 1.54) is 0 Å². The zero-order chi connectivity index (χ0) is 11.3. The summed E-state index contributed by atoms with van der Waals surface area (Å²) in [4.78, 5) is 11.2. The summed E-state index contributed by atoms with van der Waals surface area (Å²) in [5, 5.41) is 5.43. The Morgan fingerprint density at radius 3 is 2.80 bits per heavy atom. The highest BCUT2D eigenvalue weighted by molar-refractivity contribution is 5.73. The molecule has 0 unspecified atom stereocenters. The van der Waals surface area contributed by atoms with Crippen molar-refractivity contribution in [2.45, 2.75) is 20.4 Å². The summed E-state index contributed by atoms with van der Waals surface area (Å²) in [7, 11) is 0. The van der Waals surface area contributed by atoms with Gasteiger partial charge in [0.25, 0.3) is 0 Å². The third-order valence-corrected chi connectivity index (χ3v) is 2.26. The van der Waals surface area contributed by atoms with Crippen molar-refractivity contribution < 1.29 is 4.79 Å². The molecule has 1 aromatic carbocycles. The molecule has 0 saturated heterocycles. The monoisotopic (exact) mass is 207 g/mol. The van der Waals surface area contributed by atoms with Gasteiger partial charge in [0.1, 0.15) is 0 Å². The van der Waals surface area contributed by atoms with E-state index >= 15 is 0 Å². The van der Waals surface area contributed by atoms with Gasteiger partial charge in [-0.2, -0.15) is 0 Å². The summed E-state index contributed by atoms with van der Waals surface area (Å²) in [5.41, 5.74) is 8.58. The highest BCUT2D eigenvalue weighted by Crippen LogP contribution is 2.14. The smallest absolute Gasteiger partial charge is 0.315 e. The van der Waals surface area contributed by atoms with E-state index in [0.717, 1.165) is 16.8 Å². The predicted octanol–water partition coefficient (Wildman–Crippen LogP) is 1.40. The number of anilines is 1. The van der Waals surface area contributed by atoms with Crippen molar-refractivity contribution in [1.29, 1.82) is 0 Å². The van der Waals surface area contributed by atoms with Gasteiger partial charge in [-0.3, -0.25) is 0 Å². The lowest BCUT2D eigenvalue weighted by molar-refractivity contribution is 0.241. The molecule has 0 fully saturated rings. The molecule has 0 heterocycles. The summed E-state index contributed by atoms with van der Waals surface area (Å²) >= 11 is 0. The molecule has 0 aromatic heterocycles. The van der Waals surface area contributed by atoms with Crippen molar-refractivity contribution >= 4 is 11.7 Å². The van der Waals surface area contributed by atoms with E-state index in [1.807, 2.05) is 32.0 Å². The van der Waals surface area contributed by atoms with Crippen LogP contribution in [0.25, 0.3) is 0 Å². The molecule has 15 heavy (non-hydrogen) atoms. The van der Waals surface area contributed by atoms with Crippen molar-refractivity contribution in [1.82, 2.24) is 10.6 Å². The van der Waals surface area contributed by atoms with Crippen LogP contribution in [0, 0.1) is 6.92 Å². The third kappa shape index (κ3) is 3.16. The Bertz CT molecular complexity index is 350. The van der Waals surface area contributed by atoms with Gasteiger partial charge in [0, 0.05) is 18.8 Å². The molecule has 0 aliphatic heterocycles. The number of nitrogens with one attached hydrogen (secondary N) is 2. The molecule has 4 heteroatoms. The van der Waals surface area contributed by atoms with Crippen molar-refractivity contribution in [3.63, 3.8) is 0 Å². The molecule has 1 rings (SSSR count). The first-order valence-corrected chi connectivity index (χ1v) is 5.00. The topological polar surface area (TPSA) is 67.2 Å². The van der Waals surface area contributed by atoms with E-state index in [9.17, 15) is 4.79 Å². The first-order chi connectivity index (χ1) is 7.15. The SMILES string of the molecule is CCNC(=O)NCc1cccc(N)c1C. The van der Waals surface area contributed by atoms with Crippen LogP contribution >= 0.6 is 0 Å². The second kappa shape index (κ2) is 5.24. The predicted molar refractivity (Wildman–Crippen MR) is 61.5 cm³/mol. The van der Waals surface area contributed by atoms with Crippen molar-refractivity contribution in [2.24, 2.45) is 0 Å². The van der Waals surface area contributed by atoms with E-state index in [1.54, 1.807) is 0 Å².